The first-order chi connectivity index (χ1) is 8.18. The van der Waals surface area contributed by atoms with Crippen LogP contribution in [-0.2, 0) is 6.54 Å². The molecule has 0 spiro atoms. The van der Waals surface area contributed by atoms with E-state index in [-0.39, 0.29) is 5.56 Å². The van der Waals surface area contributed by atoms with E-state index in [0.717, 1.165) is 10.9 Å². The van der Waals surface area contributed by atoms with Crippen molar-refractivity contribution in [3.05, 3.63) is 57.8 Å². The molecular formula is C12H9F2NOS. The van der Waals surface area contributed by atoms with Gasteiger partial charge < -0.3 is 5.32 Å². The second kappa shape index (κ2) is 5.05. The summed E-state index contributed by atoms with van der Waals surface area (Å²) >= 11 is 1.48. The number of rotatable bonds is 3. The molecule has 1 aromatic heterocycles. The molecule has 2 nitrogen and oxygen atoms in total. The number of thiophene rings is 1. The molecule has 1 aromatic carbocycles. The van der Waals surface area contributed by atoms with Gasteiger partial charge in [-0.2, -0.15) is 0 Å². The van der Waals surface area contributed by atoms with Gasteiger partial charge in [0.2, 0.25) is 0 Å². The fourth-order valence-corrected chi connectivity index (χ4v) is 2.00. The lowest BCUT2D eigenvalue weighted by Crippen LogP contribution is -2.23. The van der Waals surface area contributed by atoms with Gasteiger partial charge in [-0.1, -0.05) is 12.1 Å². The van der Waals surface area contributed by atoms with Crippen LogP contribution in [0.2, 0.25) is 0 Å². The van der Waals surface area contributed by atoms with Crippen LogP contribution in [0, 0.1) is 11.6 Å². The summed E-state index contributed by atoms with van der Waals surface area (Å²) in [5.74, 6) is -2.75. The van der Waals surface area contributed by atoms with E-state index in [4.69, 9.17) is 0 Å². The number of benzene rings is 1. The van der Waals surface area contributed by atoms with Crippen LogP contribution in [0.15, 0.2) is 35.7 Å². The van der Waals surface area contributed by atoms with Gasteiger partial charge in [-0.15, -0.1) is 11.3 Å². The largest absolute Gasteiger partial charge is 0.347 e. The fraction of sp³-hybridized carbons (Fsp3) is 0.0833. The number of carbonyl (C=O) groups is 1. The van der Waals surface area contributed by atoms with Gasteiger partial charge in [0.1, 0.15) is 0 Å². The molecule has 0 fully saturated rings. The Morgan fingerprint density at radius 2 is 2.06 bits per heavy atom. The van der Waals surface area contributed by atoms with E-state index in [2.05, 4.69) is 5.32 Å². The summed E-state index contributed by atoms with van der Waals surface area (Å²) in [5, 5.41) is 4.41. The molecule has 2 aromatic rings. The molecule has 1 heterocycles. The third-order valence-electron chi connectivity index (χ3n) is 2.20. The maximum Gasteiger partial charge on any atom is 0.254 e. The van der Waals surface area contributed by atoms with Crippen molar-refractivity contribution >= 4 is 17.2 Å². The maximum atomic E-state index is 13.3. The van der Waals surface area contributed by atoms with Gasteiger partial charge >= 0.3 is 0 Å². The smallest absolute Gasteiger partial charge is 0.254 e. The molecule has 0 saturated carbocycles. The van der Waals surface area contributed by atoms with Crippen LogP contribution < -0.4 is 5.32 Å². The van der Waals surface area contributed by atoms with Crippen LogP contribution in [-0.4, -0.2) is 5.91 Å². The van der Waals surface area contributed by atoms with E-state index < -0.39 is 17.5 Å². The first kappa shape index (κ1) is 11.7. The zero-order valence-electron chi connectivity index (χ0n) is 8.74. The van der Waals surface area contributed by atoms with Gasteiger partial charge in [-0.3, -0.25) is 4.79 Å². The van der Waals surface area contributed by atoms with Crippen molar-refractivity contribution < 1.29 is 13.6 Å². The Morgan fingerprint density at radius 1 is 1.24 bits per heavy atom. The Kier molecular flexibility index (Phi) is 3.49. The summed E-state index contributed by atoms with van der Waals surface area (Å²) in [4.78, 5) is 12.6. The van der Waals surface area contributed by atoms with Gasteiger partial charge in [-0.05, 0) is 23.6 Å². The highest BCUT2D eigenvalue weighted by Crippen LogP contribution is 2.12. The summed E-state index contributed by atoms with van der Waals surface area (Å²) in [6.45, 7) is 0.312. The zero-order chi connectivity index (χ0) is 12.3. The molecule has 0 aliphatic rings. The van der Waals surface area contributed by atoms with Crippen LogP contribution in [0.25, 0.3) is 0 Å². The van der Waals surface area contributed by atoms with Crippen LogP contribution in [0.5, 0.6) is 0 Å². The average Bonchev–Trinajstić information content (AvgIpc) is 2.82. The third kappa shape index (κ3) is 2.68. The molecule has 0 unspecified atom stereocenters. The quantitative estimate of drug-likeness (QED) is 0.895. The Balaban J connectivity index is 2.07. The minimum absolute atomic E-state index is 0.276. The van der Waals surface area contributed by atoms with Crippen LogP contribution in [0.3, 0.4) is 0 Å². The predicted octanol–water partition coefficient (Wildman–Crippen LogP) is 2.96. The van der Waals surface area contributed by atoms with E-state index in [1.165, 1.54) is 23.5 Å². The molecule has 5 heteroatoms. The first-order valence-electron chi connectivity index (χ1n) is 4.93. The van der Waals surface area contributed by atoms with E-state index in [0.29, 0.717) is 6.54 Å². The molecule has 0 aliphatic carbocycles. The Bertz CT molecular complexity index is 525. The molecule has 1 N–H and O–H groups in total. The Labute approximate surface area is 101 Å². The summed E-state index contributed by atoms with van der Waals surface area (Å²) in [6, 6.07) is 7.24. The van der Waals surface area contributed by atoms with Crippen molar-refractivity contribution in [1.29, 1.82) is 0 Å². The normalized spacial score (nSPS) is 10.2. The summed E-state index contributed by atoms with van der Waals surface area (Å²) in [7, 11) is 0. The molecule has 1 amide bonds. The molecule has 88 valence electrons. The van der Waals surface area contributed by atoms with Gasteiger partial charge in [0.25, 0.3) is 5.91 Å². The number of hydrogen-bond acceptors (Lipinski definition) is 2. The SMILES string of the molecule is O=C(NCc1cccs1)c1cccc(F)c1F. The molecule has 2 rings (SSSR count). The second-order valence-electron chi connectivity index (χ2n) is 3.36. The summed E-state index contributed by atoms with van der Waals surface area (Å²) in [5.41, 5.74) is -0.276. The highest BCUT2D eigenvalue weighted by molar-refractivity contribution is 7.09. The lowest BCUT2D eigenvalue weighted by molar-refractivity contribution is 0.0946. The van der Waals surface area contributed by atoms with Crippen molar-refractivity contribution in [3.63, 3.8) is 0 Å². The van der Waals surface area contributed by atoms with Crippen molar-refractivity contribution in [2.75, 3.05) is 0 Å². The number of nitrogens with one attached hydrogen (secondary N) is 1. The van der Waals surface area contributed by atoms with E-state index in [9.17, 15) is 13.6 Å². The van der Waals surface area contributed by atoms with Crippen molar-refractivity contribution in [2.24, 2.45) is 0 Å². The standard InChI is InChI=1S/C12H9F2NOS/c13-10-5-1-4-9(11(10)14)12(16)15-7-8-3-2-6-17-8/h1-6H,7H2,(H,15,16). The number of halogens is 2. The van der Waals surface area contributed by atoms with Gasteiger partial charge in [-0.25, -0.2) is 8.78 Å². The second-order valence-corrected chi connectivity index (χ2v) is 4.40. The fourth-order valence-electron chi connectivity index (χ4n) is 1.35. The van der Waals surface area contributed by atoms with Crippen LogP contribution >= 0.6 is 11.3 Å². The van der Waals surface area contributed by atoms with Crippen molar-refractivity contribution in [2.45, 2.75) is 6.54 Å². The molecule has 0 saturated heterocycles. The van der Waals surface area contributed by atoms with Crippen LogP contribution in [0.4, 0.5) is 8.78 Å². The predicted molar refractivity (Wildman–Crippen MR) is 61.8 cm³/mol. The third-order valence-corrected chi connectivity index (χ3v) is 3.08. The number of hydrogen-bond donors (Lipinski definition) is 1. The highest BCUT2D eigenvalue weighted by atomic mass is 32.1. The van der Waals surface area contributed by atoms with E-state index in [1.54, 1.807) is 0 Å². The van der Waals surface area contributed by atoms with Gasteiger partial charge in [0.15, 0.2) is 11.6 Å². The van der Waals surface area contributed by atoms with Gasteiger partial charge in [0.05, 0.1) is 12.1 Å². The molecule has 0 aliphatic heterocycles. The minimum Gasteiger partial charge on any atom is -0.347 e. The van der Waals surface area contributed by atoms with Gasteiger partial charge in [0, 0.05) is 4.88 Å². The molecular weight excluding hydrogens is 244 g/mol. The van der Waals surface area contributed by atoms with Crippen molar-refractivity contribution in [1.82, 2.24) is 5.32 Å². The number of carbonyl (C=O) groups excluding carboxylic acids is 1. The lowest BCUT2D eigenvalue weighted by Gasteiger charge is -2.05. The molecule has 0 radical (unpaired) electrons. The molecule has 0 atom stereocenters. The maximum absolute atomic E-state index is 13.3. The van der Waals surface area contributed by atoms with E-state index >= 15 is 0 Å². The molecule has 0 bridgehead atoms. The summed E-state index contributed by atoms with van der Waals surface area (Å²) in [6.07, 6.45) is 0. The monoisotopic (exact) mass is 253 g/mol. The molecule has 17 heavy (non-hydrogen) atoms. The van der Waals surface area contributed by atoms with Crippen molar-refractivity contribution in [3.8, 4) is 0 Å². The average molecular weight is 253 g/mol. The van der Waals surface area contributed by atoms with Crippen LogP contribution in [0.1, 0.15) is 15.2 Å². The van der Waals surface area contributed by atoms with E-state index in [1.807, 2.05) is 17.5 Å². The Morgan fingerprint density at radius 3 is 2.76 bits per heavy atom. The topological polar surface area (TPSA) is 29.1 Å². The Hall–Kier alpha value is -1.75. The minimum atomic E-state index is -1.11. The highest BCUT2D eigenvalue weighted by Gasteiger charge is 2.14. The lowest BCUT2D eigenvalue weighted by atomic mass is 10.2. The summed E-state index contributed by atoms with van der Waals surface area (Å²) < 4.78 is 26.2. The number of amides is 1. The first-order valence-corrected chi connectivity index (χ1v) is 5.81. The zero-order valence-corrected chi connectivity index (χ0v) is 9.56.